The number of rotatable bonds is 40. The lowest BCUT2D eigenvalue weighted by Gasteiger charge is -2.63. The van der Waals surface area contributed by atoms with E-state index in [0.717, 1.165) is 0 Å². The van der Waals surface area contributed by atoms with Crippen molar-refractivity contribution in [2.45, 2.75) is 0 Å². The molecule has 0 rings (SSSR count). The van der Waals surface area contributed by atoms with Crippen LogP contribution in [0.25, 0.3) is 0 Å². The molecule has 84 heteroatoms. The molecule has 0 nitrogen and oxygen atoms in total. The SMILES string of the molecule is [PH]P([PH])P(P)P(P(P(P)P)P(P)P)P(P(P(P)P)P(P)P)P(P(P(P(P(P)P)P(P)P)P(P(P)P)P(P)P)P(P(P(P)P)P(P)P)P(P(P)P)P(P)P)P(P(P(P(P)P)P(P)P)P(P(P)P)P(P)P)P(P(P(P)P)P(P)P)P(P(P)P)P(P)P. The molecule has 504 valence electrons. The van der Waals surface area contributed by atoms with Crippen molar-refractivity contribution in [3.63, 3.8) is 0 Å². The Morgan fingerprint density at radius 2 is 0.179 bits per heavy atom. The van der Waals surface area contributed by atoms with Crippen molar-refractivity contribution < 1.29 is 0 Å². The van der Waals surface area contributed by atoms with Gasteiger partial charge in [-0.2, -0.15) is 0 Å². The van der Waals surface area contributed by atoms with Gasteiger partial charge in [0.15, 0.2) is 0 Å². The fraction of sp³-hybridized carbons (Fsp3) is 0. The Morgan fingerprint density at radius 1 is 0.107 bits per heavy atom. The molecule has 0 aromatic rings. The van der Waals surface area contributed by atoms with Crippen molar-refractivity contribution in [3.8, 4) is 0 Å². The molecule has 0 aliphatic carbocycles. The van der Waals surface area contributed by atoms with Gasteiger partial charge < -0.3 is 0 Å². The van der Waals surface area contributed by atoms with E-state index >= 15 is 0 Å². The number of hydrogen-bond acceptors (Lipinski definition) is 0. The van der Waals surface area contributed by atoms with Gasteiger partial charge in [0, 0.05) is 0 Å². The molecule has 0 amide bonds. The normalized spacial score (nSPS) is 15.7. The van der Waals surface area contributed by atoms with Gasteiger partial charge in [0.1, 0.15) is 0 Å². The summed E-state index contributed by atoms with van der Waals surface area (Å²) < 4.78 is 0. The zero-order chi connectivity index (χ0) is 66.7. The van der Waals surface area contributed by atoms with E-state index in [1.807, 2.05) is 0 Å². The minimum Gasteiger partial charge on any atom is -0.102 e. The predicted octanol–water partition coefficient (Wildman–Crippen LogP) is 49.9. The summed E-state index contributed by atoms with van der Waals surface area (Å²) in [5.74, 6) is 0. The third-order valence-corrected chi connectivity index (χ3v) is 599. The summed E-state index contributed by atoms with van der Waals surface area (Å²) in [5, 5.41) is 0. The molecule has 0 saturated carbocycles. The first-order valence-electron chi connectivity index (χ1n) is 19.0. The Hall–Kier alpha value is 36.1. The molecule has 0 aromatic heterocycles. The zero-order valence-corrected chi connectivity index (χ0v) is 129. The maximum atomic E-state index is 4.72. The van der Waals surface area contributed by atoms with Crippen molar-refractivity contribution >= 4 is 670 Å². The molecule has 0 N–H and O–H groups in total. The maximum absolute atomic E-state index is 4.72. The topological polar surface area (TPSA) is 0 Å². The van der Waals surface area contributed by atoms with Gasteiger partial charge in [-0.1, -0.05) is 17.9 Å². The van der Waals surface area contributed by atoms with E-state index in [1.54, 1.807) is 0 Å². The van der Waals surface area contributed by atoms with Gasteiger partial charge in [0.05, 0.1) is 0 Å². The minimum atomic E-state index is -0.563. The highest BCUT2D eigenvalue weighted by molar-refractivity contribution is 9.58. The van der Waals surface area contributed by atoms with Gasteiger partial charge in [0.2, 0.25) is 0 Å². The van der Waals surface area contributed by atoms with Crippen molar-refractivity contribution in [2.75, 3.05) is 0 Å². The molecular formula is H84P84. The second-order valence-corrected chi connectivity index (χ2v) is 360. The second-order valence-electron chi connectivity index (χ2n) is 13.3. The van der Waals surface area contributed by atoms with Gasteiger partial charge in [-0.05, 0) is 286 Å². The van der Waals surface area contributed by atoms with Gasteiger partial charge >= 0.3 is 0 Å². The van der Waals surface area contributed by atoms with Crippen LogP contribution in [0.3, 0.4) is 0 Å². The highest BCUT2D eigenvalue weighted by atomic mass is 33.6. The lowest BCUT2D eigenvalue weighted by molar-refractivity contribution is 4.30. The summed E-state index contributed by atoms with van der Waals surface area (Å²) in [6, 6.07) is 0. The molecule has 2 radical (unpaired) electrons. The first-order chi connectivity index (χ1) is 38.2. The summed E-state index contributed by atoms with van der Waals surface area (Å²) in [7, 11) is 161. The number of hydrogen-bond donors (Lipinski definition) is 0. The Labute approximate surface area is 659 Å². The zero-order valence-electron chi connectivity index (χ0n) is 43.0. The molecule has 0 aliphatic heterocycles. The molecule has 0 heterocycles. The van der Waals surface area contributed by atoms with Crippen LogP contribution in [0.15, 0.2) is 0 Å². The van der Waals surface area contributed by atoms with Crippen LogP contribution < -0.4 is 0 Å². The van der Waals surface area contributed by atoms with Crippen molar-refractivity contribution in [2.24, 2.45) is 0 Å². The summed E-state index contributed by atoms with van der Waals surface area (Å²) in [5.41, 5.74) is 0. The Kier molecular flexibility index (Phi) is 93.9. The molecular weight excluding hydrogens is 2600 g/mol. The lowest BCUT2D eigenvalue weighted by atomic mass is 28.4. The van der Waals surface area contributed by atoms with Crippen LogP contribution >= 0.6 is 670 Å². The van der Waals surface area contributed by atoms with Gasteiger partial charge in [-0.3, -0.25) is 0 Å². The smallest absolute Gasteiger partial charge is 0.00000351 e. The molecule has 44 atom stereocenters. The fourth-order valence-electron chi connectivity index (χ4n) is 5.07. The van der Waals surface area contributed by atoms with Crippen LogP contribution in [0.1, 0.15) is 0 Å². The molecule has 0 bridgehead atoms. The highest BCUT2D eigenvalue weighted by Crippen LogP contribution is 3.52. The van der Waals surface area contributed by atoms with Crippen LogP contribution in [0.2, 0.25) is 0 Å². The van der Waals surface area contributed by atoms with Crippen LogP contribution in [0.5, 0.6) is 0 Å². The standard InChI is InChI=1S/H84P84/c1-44(2)65(43)76(66(45(3)4)46(5)6)81(75(63(39)40)64(41)42)84(82(77(67(47(7)8)48(9)10)68(49(11)12)50(13)14)78(69(51(15)16)52(17)18)70(53(19)20)54(21)22)83(79(71(55(23)24)56(25)26)72(57(27)28)58(29)30)80(73(59(31)32)60(33)34)74(61(35)36)62(37)38/h1-2H,3-43H2. The van der Waals surface area contributed by atoms with Crippen molar-refractivity contribution in [1.82, 2.24) is 0 Å². The summed E-state index contributed by atoms with van der Waals surface area (Å²) >= 11 is 0. The van der Waals surface area contributed by atoms with Crippen LogP contribution in [-0.2, 0) is 0 Å². The fourth-order valence-corrected chi connectivity index (χ4v) is 1230. The minimum absolute atomic E-state index is 0.338. The summed E-state index contributed by atoms with van der Waals surface area (Å²) in [6.45, 7) is -16.1. The summed E-state index contributed by atoms with van der Waals surface area (Å²) in [4.78, 5) is 0. The van der Waals surface area contributed by atoms with Crippen molar-refractivity contribution in [1.29, 1.82) is 0 Å². The van der Waals surface area contributed by atoms with Crippen LogP contribution in [-0.4, -0.2) is 0 Å². The van der Waals surface area contributed by atoms with E-state index in [4.69, 9.17) is 17.9 Å². The monoisotopic (exact) mass is 2690 g/mol. The molecule has 0 spiro atoms. The van der Waals surface area contributed by atoms with Crippen LogP contribution in [0, 0.1) is 0 Å². The Balaban J connectivity index is 13.1. The maximum Gasteiger partial charge on any atom is -0.00000351 e. The van der Waals surface area contributed by atoms with Gasteiger partial charge in [-0.25, -0.2) is 0 Å². The highest BCUT2D eigenvalue weighted by Gasteiger charge is 2.65. The Morgan fingerprint density at radius 3 is 0.262 bits per heavy atom. The molecule has 0 aromatic carbocycles. The van der Waals surface area contributed by atoms with E-state index in [-0.39, 0.29) is 189 Å². The van der Waals surface area contributed by atoms with Crippen LogP contribution in [0.4, 0.5) is 0 Å². The largest absolute Gasteiger partial charge is 0.102 e. The molecule has 0 aliphatic rings. The third-order valence-electron chi connectivity index (χ3n) is 7.40. The molecule has 0 saturated heterocycles. The average Bonchev–Trinajstić information content (AvgIpc) is 3.26. The molecule has 84 heavy (non-hydrogen) atoms. The average molecular weight is 2690 g/mol. The first-order valence-corrected chi connectivity index (χ1v) is 171. The van der Waals surface area contributed by atoms with E-state index in [2.05, 4.69) is 366 Å². The van der Waals surface area contributed by atoms with E-state index in [9.17, 15) is 0 Å². The Bertz CT molecular complexity index is 1330. The first kappa shape index (κ1) is 120. The summed E-state index contributed by atoms with van der Waals surface area (Å²) in [6.07, 6.45) is 0. The molecule has 0 fully saturated rings. The van der Waals surface area contributed by atoms with E-state index in [0.29, 0.717) is 0 Å². The third kappa shape index (κ3) is 42.1. The molecule has 44 unspecified atom stereocenters. The van der Waals surface area contributed by atoms with Gasteiger partial charge in [0.25, 0.3) is 0 Å². The van der Waals surface area contributed by atoms with E-state index in [1.165, 1.54) is 0 Å². The quantitative estimate of drug-likeness (QED) is 0.0537. The lowest BCUT2D eigenvalue weighted by Crippen LogP contribution is -1.76. The van der Waals surface area contributed by atoms with Gasteiger partial charge in [-0.15, -0.1) is 366 Å². The predicted molar refractivity (Wildman–Crippen MR) is 698 cm³/mol. The van der Waals surface area contributed by atoms with E-state index < -0.39 is 97.8 Å². The second kappa shape index (κ2) is 65.6. The van der Waals surface area contributed by atoms with Crippen molar-refractivity contribution in [3.05, 3.63) is 0 Å².